The van der Waals surface area contributed by atoms with E-state index >= 15 is 0 Å². The number of fused-ring (bicyclic) bond motifs is 1. The highest BCUT2D eigenvalue weighted by molar-refractivity contribution is 5.83. The first kappa shape index (κ1) is 28.7. The molecule has 6 N–H and O–H groups in total. The second kappa shape index (κ2) is 14.2. The van der Waals surface area contributed by atoms with Crippen molar-refractivity contribution in [1.82, 2.24) is 0 Å². The van der Waals surface area contributed by atoms with Crippen LogP contribution in [0.2, 0.25) is 0 Å². The summed E-state index contributed by atoms with van der Waals surface area (Å²) >= 11 is 0. The molecule has 0 spiro atoms. The molecule has 0 radical (unpaired) electrons. The van der Waals surface area contributed by atoms with Gasteiger partial charge in [0.25, 0.3) is 0 Å². The number of carboxylic acid groups (broad SMARTS) is 2. The summed E-state index contributed by atoms with van der Waals surface area (Å²) in [7, 11) is 0. The molecule has 0 saturated carbocycles. The molecule has 3 rings (SSSR count). The van der Waals surface area contributed by atoms with Gasteiger partial charge in [-0.05, 0) is 48.9 Å². The summed E-state index contributed by atoms with van der Waals surface area (Å²) in [5, 5.41) is 42.1. The monoisotopic (exact) mass is 499 g/mol. The van der Waals surface area contributed by atoms with E-state index in [2.05, 4.69) is 29.2 Å². The van der Waals surface area contributed by atoms with E-state index in [1.54, 1.807) is 0 Å². The fourth-order valence-corrected chi connectivity index (χ4v) is 3.88. The second-order valence-corrected chi connectivity index (χ2v) is 8.64. The molecule has 194 valence electrons. The summed E-state index contributed by atoms with van der Waals surface area (Å²) in [6.45, 7) is 5.28. The van der Waals surface area contributed by atoms with E-state index in [0.29, 0.717) is 6.61 Å². The first-order valence-corrected chi connectivity index (χ1v) is 11.6. The zero-order valence-corrected chi connectivity index (χ0v) is 20.2. The molecule has 1 heterocycles. The Morgan fingerprint density at radius 3 is 2.31 bits per heavy atom. The molecular weight excluding hydrogens is 466 g/mol. The Kier molecular flexibility index (Phi) is 11.3. The van der Waals surface area contributed by atoms with Gasteiger partial charge in [0.1, 0.15) is 6.07 Å². The SMILES string of the molecule is C[C@@H](N)Cc1cc(C#N)c2c(c1)CCN2CCCOCc1ccccc1.O=C(O)[C@H](O)[C@@H](O)C(=O)O. The molecule has 36 heavy (non-hydrogen) atoms. The van der Waals surface area contributed by atoms with E-state index in [0.717, 1.165) is 50.2 Å². The van der Waals surface area contributed by atoms with Crippen LogP contribution in [0.15, 0.2) is 42.5 Å². The number of ether oxygens (including phenoxy) is 1. The Morgan fingerprint density at radius 2 is 1.75 bits per heavy atom. The summed E-state index contributed by atoms with van der Waals surface area (Å²) in [6, 6.07) is 17.0. The number of nitriles is 1. The largest absolute Gasteiger partial charge is 0.479 e. The third-order valence-corrected chi connectivity index (χ3v) is 5.53. The maximum Gasteiger partial charge on any atom is 0.335 e. The molecule has 10 heteroatoms. The number of hydrogen-bond donors (Lipinski definition) is 5. The van der Waals surface area contributed by atoms with Gasteiger partial charge in [-0.3, -0.25) is 0 Å². The lowest BCUT2D eigenvalue weighted by atomic mass is 9.99. The van der Waals surface area contributed by atoms with Crippen LogP contribution >= 0.6 is 0 Å². The zero-order valence-electron chi connectivity index (χ0n) is 20.2. The maximum absolute atomic E-state index is 9.77. The average molecular weight is 500 g/mol. The predicted molar refractivity (Wildman–Crippen MR) is 132 cm³/mol. The van der Waals surface area contributed by atoms with Crippen LogP contribution in [0.4, 0.5) is 5.69 Å². The molecule has 3 atom stereocenters. The average Bonchev–Trinajstić information content (AvgIpc) is 3.25. The van der Waals surface area contributed by atoms with Crippen molar-refractivity contribution in [3.8, 4) is 6.07 Å². The highest BCUT2D eigenvalue weighted by atomic mass is 16.5. The van der Waals surface area contributed by atoms with E-state index in [-0.39, 0.29) is 6.04 Å². The number of hydrogen-bond acceptors (Lipinski definition) is 8. The van der Waals surface area contributed by atoms with Gasteiger partial charge in [0.05, 0.1) is 17.9 Å². The highest BCUT2D eigenvalue weighted by Gasteiger charge is 2.29. The third-order valence-electron chi connectivity index (χ3n) is 5.53. The Hall–Kier alpha value is -3.49. The molecule has 1 aliphatic rings. The van der Waals surface area contributed by atoms with Gasteiger partial charge < -0.3 is 35.8 Å². The first-order chi connectivity index (χ1) is 17.1. The summed E-state index contributed by atoms with van der Waals surface area (Å²) < 4.78 is 5.78. The molecule has 0 aromatic heterocycles. The lowest BCUT2D eigenvalue weighted by molar-refractivity contribution is -0.165. The predicted octanol–water partition coefficient (Wildman–Crippen LogP) is 1.29. The van der Waals surface area contributed by atoms with E-state index in [1.807, 2.05) is 31.2 Å². The van der Waals surface area contributed by atoms with Crippen molar-refractivity contribution in [3.05, 3.63) is 64.7 Å². The first-order valence-electron chi connectivity index (χ1n) is 11.6. The number of benzene rings is 2. The van der Waals surface area contributed by atoms with Crippen LogP contribution in [0.25, 0.3) is 0 Å². The molecule has 0 bridgehead atoms. The van der Waals surface area contributed by atoms with Crippen LogP contribution < -0.4 is 10.6 Å². The molecule has 0 aliphatic carbocycles. The number of carbonyl (C=O) groups is 2. The minimum Gasteiger partial charge on any atom is -0.479 e. The van der Waals surface area contributed by atoms with Crippen LogP contribution in [0.1, 0.15) is 35.6 Å². The Morgan fingerprint density at radius 1 is 1.11 bits per heavy atom. The summed E-state index contributed by atoms with van der Waals surface area (Å²) in [6.07, 6.45) is -1.76. The number of carboxylic acids is 2. The lowest BCUT2D eigenvalue weighted by Crippen LogP contribution is -2.39. The van der Waals surface area contributed by atoms with Crippen LogP contribution in [-0.2, 0) is 33.8 Å². The topological polar surface area (TPSA) is 177 Å². The van der Waals surface area contributed by atoms with Crippen molar-refractivity contribution < 1.29 is 34.8 Å². The molecule has 10 nitrogen and oxygen atoms in total. The molecule has 1 aliphatic heterocycles. The van der Waals surface area contributed by atoms with E-state index < -0.39 is 24.1 Å². The normalized spacial score (nSPS) is 14.6. The molecule has 0 saturated heterocycles. The van der Waals surface area contributed by atoms with Crippen LogP contribution in [0, 0.1) is 11.3 Å². The van der Waals surface area contributed by atoms with Crippen molar-refractivity contribution in [1.29, 1.82) is 5.26 Å². The summed E-state index contributed by atoms with van der Waals surface area (Å²) in [4.78, 5) is 21.9. The number of aliphatic carboxylic acids is 2. The van der Waals surface area contributed by atoms with Gasteiger partial charge in [-0.2, -0.15) is 5.26 Å². The standard InChI is InChI=1S/C22H27N3O.C4H6O6/c1-17(24)12-19-13-20-8-10-25(22(20)21(14-19)15-23)9-5-11-26-16-18-6-3-2-4-7-18;5-1(3(7)8)2(6)4(9)10/h2-4,6-7,13-14,17H,5,8-12,16,24H2,1H3;1-2,5-6H,(H,7,8)(H,9,10)/t17-;1-,2-/m11/s1. The number of aliphatic hydroxyl groups is 2. The molecule has 0 unspecified atom stereocenters. The van der Waals surface area contributed by atoms with Crippen molar-refractivity contribution in [2.45, 2.75) is 51.0 Å². The number of nitrogens with zero attached hydrogens (tertiary/aromatic N) is 2. The minimum atomic E-state index is -2.27. The highest BCUT2D eigenvalue weighted by Crippen LogP contribution is 2.33. The maximum atomic E-state index is 9.77. The van der Waals surface area contributed by atoms with Crippen molar-refractivity contribution >= 4 is 17.6 Å². The molecule has 2 aromatic rings. The number of aliphatic hydroxyl groups excluding tert-OH is 2. The quantitative estimate of drug-likeness (QED) is 0.283. The molecule has 2 aromatic carbocycles. The van der Waals surface area contributed by atoms with Gasteiger partial charge in [-0.15, -0.1) is 0 Å². The number of anilines is 1. The van der Waals surface area contributed by atoms with Gasteiger partial charge in [0, 0.05) is 25.7 Å². The van der Waals surface area contributed by atoms with Gasteiger partial charge >= 0.3 is 11.9 Å². The van der Waals surface area contributed by atoms with Gasteiger partial charge in [0.2, 0.25) is 0 Å². The van der Waals surface area contributed by atoms with Crippen molar-refractivity contribution in [3.63, 3.8) is 0 Å². The minimum absolute atomic E-state index is 0.110. The van der Waals surface area contributed by atoms with E-state index in [1.165, 1.54) is 16.7 Å². The van der Waals surface area contributed by atoms with E-state index in [4.69, 9.17) is 30.9 Å². The third kappa shape index (κ3) is 8.62. The molecule has 0 amide bonds. The van der Waals surface area contributed by atoms with Gasteiger partial charge in [-0.25, -0.2) is 9.59 Å². The molecular formula is C26H33N3O7. The Balaban J connectivity index is 0.000000388. The van der Waals surface area contributed by atoms with Crippen LogP contribution in [0.3, 0.4) is 0 Å². The van der Waals surface area contributed by atoms with Gasteiger partial charge in [0.15, 0.2) is 12.2 Å². The fraction of sp³-hybridized carbons (Fsp3) is 0.423. The number of nitrogens with two attached hydrogens (primary N) is 1. The summed E-state index contributed by atoms with van der Waals surface area (Å²) in [5.74, 6) is -3.54. The Bertz CT molecular complexity index is 1040. The lowest BCUT2D eigenvalue weighted by Gasteiger charge is -2.21. The van der Waals surface area contributed by atoms with Gasteiger partial charge in [-0.1, -0.05) is 36.4 Å². The number of rotatable bonds is 11. The van der Waals surface area contributed by atoms with Crippen LogP contribution in [0.5, 0.6) is 0 Å². The van der Waals surface area contributed by atoms with E-state index in [9.17, 15) is 14.9 Å². The summed E-state index contributed by atoms with van der Waals surface area (Å²) in [5.41, 5.74) is 11.5. The second-order valence-electron chi connectivity index (χ2n) is 8.64. The fourth-order valence-electron chi connectivity index (χ4n) is 3.88. The van der Waals surface area contributed by atoms with Crippen molar-refractivity contribution in [2.75, 3.05) is 24.6 Å². The van der Waals surface area contributed by atoms with Crippen LogP contribution in [-0.4, -0.2) is 70.3 Å². The molecule has 0 fully saturated rings. The smallest absolute Gasteiger partial charge is 0.335 e. The zero-order chi connectivity index (χ0) is 26.7. The Labute approximate surface area is 210 Å². The van der Waals surface area contributed by atoms with Crippen molar-refractivity contribution in [2.24, 2.45) is 5.73 Å².